The highest BCUT2D eigenvalue weighted by atomic mass is 35.5. The van der Waals surface area contributed by atoms with Gasteiger partial charge in [0.1, 0.15) is 0 Å². The molecule has 114 valence electrons. The molecular weight excluding hydrogens is 296 g/mol. The molecule has 3 nitrogen and oxygen atoms in total. The molecule has 1 saturated carbocycles. The van der Waals surface area contributed by atoms with Crippen LogP contribution in [0.5, 0.6) is 0 Å². The molecule has 0 radical (unpaired) electrons. The molecule has 1 amide bonds. The van der Waals surface area contributed by atoms with Gasteiger partial charge >= 0.3 is 0 Å². The van der Waals surface area contributed by atoms with Crippen molar-refractivity contribution in [2.45, 2.75) is 24.8 Å². The van der Waals surface area contributed by atoms with Crippen molar-refractivity contribution in [1.82, 2.24) is 5.32 Å². The van der Waals surface area contributed by atoms with Crippen LogP contribution in [-0.2, 0) is 6.42 Å². The van der Waals surface area contributed by atoms with Crippen LogP contribution in [0.2, 0.25) is 0 Å². The second kappa shape index (κ2) is 6.01. The number of halogens is 1. The largest absolute Gasteiger partial charge is 0.384 e. The van der Waals surface area contributed by atoms with Gasteiger partial charge in [-0.2, -0.15) is 0 Å². The summed E-state index contributed by atoms with van der Waals surface area (Å²) in [5, 5.41) is 6.47. The lowest BCUT2D eigenvalue weighted by atomic mass is 10.1. The topological polar surface area (TPSA) is 41.1 Å². The van der Waals surface area contributed by atoms with Crippen LogP contribution in [0.15, 0.2) is 48.5 Å². The first-order valence-corrected chi connectivity index (χ1v) is 7.54. The van der Waals surface area contributed by atoms with Crippen LogP contribution in [0.4, 0.5) is 5.69 Å². The van der Waals surface area contributed by atoms with Gasteiger partial charge in [-0.1, -0.05) is 30.3 Å². The molecular formula is C18H19ClN2O. The minimum Gasteiger partial charge on any atom is -0.384 e. The molecule has 2 atom stereocenters. The zero-order valence-electron chi connectivity index (χ0n) is 12.2. The Bertz CT molecular complexity index is 687. The zero-order chi connectivity index (χ0) is 14.2. The maximum absolute atomic E-state index is 12.3. The summed E-state index contributed by atoms with van der Waals surface area (Å²) in [6.45, 7) is 0.971. The maximum atomic E-state index is 12.3. The van der Waals surface area contributed by atoms with Gasteiger partial charge in [0.2, 0.25) is 0 Å². The van der Waals surface area contributed by atoms with Crippen molar-refractivity contribution in [2.75, 3.05) is 11.9 Å². The number of benzene rings is 2. The summed E-state index contributed by atoms with van der Waals surface area (Å²) < 4.78 is 0. The standard InChI is InChI=1S/C18H18N2O.ClH/c21-18(14-6-7-16-13(10-14)8-9-19-16)20-17-11-15(17)12-4-2-1-3-5-12;/h1-7,10,15,17,19H,8-9,11H2,(H,20,21);1H. The number of anilines is 1. The molecule has 2 unspecified atom stereocenters. The third-order valence-corrected chi connectivity index (χ3v) is 4.41. The number of amides is 1. The van der Waals surface area contributed by atoms with Gasteiger partial charge in [-0.25, -0.2) is 0 Å². The molecule has 4 rings (SSSR count). The van der Waals surface area contributed by atoms with Crippen molar-refractivity contribution in [3.63, 3.8) is 0 Å². The molecule has 0 spiro atoms. The van der Waals surface area contributed by atoms with E-state index in [9.17, 15) is 4.79 Å². The molecule has 22 heavy (non-hydrogen) atoms. The quantitative estimate of drug-likeness (QED) is 0.912. The monoisotopic (exact) mass is 314 g/mol. The highest BCUT2D eigenvalue weighted by Gasteiger charge is 2.39. The number of carbonyl (C=O) groups is 1. The number of hydrogen-bond acceptors (Lipinski definition) is 2. The summed E-state index contributed by atoms with van der Waals surface area (Å²) in [4.78, 5) is 12.3. The molecule has 2 aromatic carbocycles. The average Bonchev–Trinajstić information content (AvgIpc) is 3.12. The maximum Gasteiger partial charge on any atom is 0.251 e. The van der Waals surface area contributed by atoms with Crippen molar-refractivity contribution >= 4 is 24.0 Å². The second-order valence-electron chi connectivity index (χ2n) is 5.88. The van der Waals surface area contributed by atoms with Crippen molar-refractivity contribution in [3.05, 3.63) is 65.2 Å². The van der Waals surface area contributed by atoms with Crippen molar-refractivity contribution in [3.8, 4) is 0 Å². The molecule has 1 aliphatic heterocycles. The van der Waals surface area contributed by atoms with Crippen molar-refractivity contribution in [1.29, 1.82) is 0 Å². The zero-order valence-corrected chi connectivity index (χ0v) is 13.0. The van der Waals surface area contributed by atoms with Crippen LogP contribution < -0.4 is 10.6 Å². The van der Waals surface area contributed by atoms with E-state index in [1.807, 2.05) is 24.3 Å². The summed E-state index contributed by atoms with van der Waals surface area (Å²) in [6, 6.07) is 16.6. The Morgan fingerprint density at radius 3 is 2.77 bits per heavy atom. The van der Waals surface area contributed by atoms with Gasteiger partial charge in [0.25, 0.3) is 5.91 Å². The molecule has 2 aromatic rings. The Hall–Kier alpha value is -2.00. The molecule has 4 heteroatoms. The van der Waals surface area contributed by atoms with E-state index in [1.54, 1.807) is 0 Å². The van der Waals surface area contributed by atoms with Gasteiger partial charge in [-0.05, 0) is 42.2 Å². The molecule has 1 heterocycles. The highest BCUT2D eigenvalue weighted by molar-refractivity contribution is 5.95. The molecule has 0 bridgehead atoms. The first-order chi connectivity index (χ1) is 10.3. The Kier molecular flexibility index (Phi) is 4.08. The first-order valence-electron chi connectivity index (χ1n) is 7.54. The Balaban J connectivity index is 0.00000144. The lowest BCUT2D eigenvalue weighted by Gasteiger charge is -2.07. The molecule has 0 saturated heterocycles. The van der Waals surface area contributed by atoms with E-state index >= 15 is 0 Å². The number of nitrogens with one attached hydrogen (secondary N) is 2. The molecule has 0 aromatic heterocycles. The minimum atomic E-state index is 0. The summed E-state index contributed by atoms with van der Waals surface area (Å²) in [7, 11) is 0. The van der Waals surface area contributed by atoms with E-state index in [4.69, 9.17) is 0 Å². The lowest BCUT2D eigenvalue weighted by molar-refractivity contribution is 0.0950. The van der Waals surface area contributed by atoms with Crippen LogP contribution in [0.1, 0.15) is 33.8 Å². The van der Waals surface area contributed by atoms with E-state index in [2.05, 4.69) is 34.9 Å². The van der Waals surface area contributed by atoms with E-state index in [0.29, 0.717) is 5.92 Å². The Morgan fingerprint density at radius 1 is 1.14 bits per heavy atom. The lowest BCUT2D eigenvalue weighted by Crippen LogP contribution is -2.26. The number of fused-ring (bicyclic) bond motifs is 1. The first kappa shape index (κ1) is 14.9. The van der Waals surface area contributed by atoms with Gasteiger partial charge in [-0.3, -0.25) is 4.79 Å². The minimum absolute atomic E-state index is 0. The van der Waals surface area contributed by atoms with Crippen LogP contribution in [0.3, 0.4) is 0 Å². The predicted molar refractivity (Wildman–Crippen MR) is 90.9 cm³/mol. The fraction of sp³-hybridized carbons (Fsp3) is 0.278. The number of hydrogen-bond donors (Lipinski definition) is 2. The smallest absolute Gasteiger partial charge is 0.251 e. The second-order valence-corrected chi connectivity index (χ2v) is 5.88. The van der Waals surface area contributed by atoms with E-state index in [0.717, 1.165) is 24.9 Å². The summed E-state index contributed by atoms with van der Waals surface area (Å²) >= 11 is 0. The van der Waals surface area contributed by atoms with Gasteiger partial charge in [-0.15, -0.1) is 12.4 Å². The summed E-state index contributed by atoms with van der Waals surface area (Å²) in [5.41, 5.74) is 4.51. The third kappa shape index (κ3) is 2.81. The van der Waals surface area contributed by atoms with E-state index in [-0.39, 0.29) is 24.4 Å². The fourth-order valence-corrected chi connectivity index (χ4v) is 3.12. The van der Waals surface area contributed by atoms with Crippen molar-refractivity contribution < 1.29 is 4.79 Å². The Morgan fingerprint density at radius 2 is 1.95 bits per heavy atom. The van der Waals surface area contributed by atoms with Crippen LogP contribution >= 0.6 is 12.4 Å². The van der Waals surface area contributed by atoms with Crippen LogP contribution in [0.25, 0.3) is 0 Å². The van der Waals surface area contributed by atoms with E-state index in [1.165, 1.54) is 16.8 Å². The van der Waals surface area contributed by atoms with Crippen LogP contribution in [0, 0.1) is 0 Å². The normalized spacial score (nSPS) is 21.3. The average molecular weight is 315 g/mol. The van der Waals surface area contributed by atoms with E-state index < -0.39 is 0 Å². The fourth-order valence-electron chi connectivity index (χ4n) is 3.12. The van der Waals surface area contributed by atoms with Gasteiger partial charge in [0.05, 0.1) is 0 Å². The van der Waals surface area contributed by atoms with Crippen LogP contribution in [-0.4, -0.2) is 18.5 Å². The SMILES string of the molecule is Cl.O=C(NC1CC1c1ccccc1)c1ccc2c(c1)CCN2. The number of carbonyl (C=O) groups excluding carboxylic acids is 1. The summed E-state index contributed by atoms with van der Waals surface area (Å²) in [5.74, 6) is 0.527. The van der Waals surface area contributed by atoms with Gasteiger partial charge in [0, 0.05) is 29.8 Å². The molecule has 1 aliphatic carbocycles. The Labute approximate surface area is 136 Å². The van der Waals surface area contributed by atoms with Gasteiger partial charge < -0.3 is 10.6 Å². The molecule has 2 aliphatic rings. The molecule has 1 fully saturated rings. The van der Waals surface area contributed by atoms with Crippen molar-refractivity contribution in [2.24, 2.45) is 0 Å². The predicted octanol–water partition coefficient (Wildman–Crippen LogP) is 3.36. The highest BCUT2D eigenvalue weighted by Crippen LogP contribution is 2.40. The summed E-state index contributed by atoms with van der Waals surface area (Å²) in [6.07, 6.45) is 2.05. The number of rotatable bonds is 3. The third-order valence-electron chi connectivity index (χ3n) is 4.41. The van der Waals surface area contributed by atoms with Gasteiger partial charge in [0.15, 0.2) is 0 Å². The molecule has 2 N–H and O–H groups in total.